The quantitative estimate of drug-likeness (QED) is 0.781. The fourth-order valence-electron chi connectivity index (χ4n) is 4.06. The van der Waals surface area contributed by atoms with Crippen LogP contribution in [0.1, 0.15) is 59.8 Å². The lowest BCUT2D eigenvalue weighted by Gasteiger charge is -2.25. The topological polar surface area (TPSA) is 58.6 Å². The summed E-state index contributed by atoms with van der Waals surface area (Å²) in [7, 11) is 0. The van der Waals surface area contributed by atoms with Gasteiger partial charge in [-0.3, -0.25) is 9.69 Å². The molecule has 2 unspecified atom stereocenters. The van der Waals surface area contributed by atoms with Crippen LogP contribution in [0.25, 0.3) is 0 Å². The predicted octanol–water partition coefficient (Wildman–Crippen LogP) is 3.49. The number of aryl methyl sites for hydroxylation is 1. The third kappa shape index (κ3) is 3.72. The van der Waals surface area contributed by atoms with Crippen LogP contribution in [0.5, 0.6) is 0 Å². The Hall–Kier alpha value is -1.85. The standard InChI is InChI=1S/C20H28N2O3/c1-4-22-14(2)11-17(15(22)3)19(24)13-21-9-5-7-16(21)12-18(23)20-8-6-10-25-20/h6,8,10-11,16,18,23H,4-5,7,9,12-13H2,1-3H3. The fraction of sp³-hybridized carbons (Fsp3) is 0.550. The molecule has 1 saturated heterocycles. The van der Waals surface area contributed by atoms with Crippen LogP contribution in [-0.2, 0) is 6.54 Å². The SMILES string of the molecule is CCn1c(C)cc(C(=O)CN2CCCC2CC(O)c2ccco2)c1C. The van der Waals surface area contributed by atoms with Crippen molar-refractivity contribution in [3.8, 4) is 0 Å². The van der Waals surface area contributed by atoms with Crippen LogP contribution in [0, 0.1) is 13.8 Å². The van der Waals surface area contributed by atoms with E-state index in [4.69, 9.17) is 4.42 Å². The third-order valence-electron chi connectivity index (χ3n) is 5.40. The van der Waals surface area contributed by atoms with E-state index < -0.39 is 6.10 Å². The average Bonchev–Trinajstić information content (AvgIpc) is 3.29. The molecule has 3 heterocycles. The van der Waals surface area contributed by atoms with E-state index in [0.29, 0.717) is 18.7 Å². The van der Waals surface area contributed by atoms with Gasteiger partial charge >= 0.3 is 0 Å². The summed E-state index contributed by atoms with van der Waals surface area (Å²) in [6.45, 7) is 8.38. The Bertz CT molecular complexity index is 718. The summed E-state index contributed by atoms with van der Waals surface area (Å²) in [5.41, 5.74) is 3.02. The molecule has 0 aliphatic carbocycles. The van der Waals surface area contributed by atoms with Crippen molar-refractivity contribution >= 4 is 5.78 Å². The van der Waals surface area contributed by atoms with Gasteiger partial charge in [-0.25, -0.2) is 0 Å². The van der Waals surface area contributed by atoms with Crippen LogP contribution in [0.2, 0.25) is 0 Å². The second-order valence-corrected chi connectivity index (χ2v) is 6.99. The van der Waals surface area contributed by atoms with E-state index in [1.807, 2.05) is 19.9 Å². The van der Waals surface area contributed by atoms with Crippen LogP contribution in [0.4, 0.5) is 0 Å². The summed E-state index contributed by atoms with van der Waals surface area (Å²) in [6, 6.07) is 5.81. The number of nitrogens with zero attached hydrogens (tertiary/aromatic N) is 2. The highest BCUT2D eigenvalue weighted by atomic mass is 16.4. The van der Waals surface area contributed by atoms with Gasteiger partial charge in [0, 0.05) is 29.5 Å². The molecule has 136 valence electrons. The Balaban J connectivity index is 1.66. The minimum atomic E-state index is -0.610. The molecule has 0 aromatic carbocycles. The fourth-order valence-corrected chi connectivity index (χ4v) is 4.06. The van der Waals surface area contributed by atoms with Crippen molar-refractivity contribution in [3.05, 3.63) is 47.2 Å². The lowest BCUT2D eigenvalue weighted by molar-refractivity contribution is 0.0827. The van der Waals surface area contributed by atoms with Crippen molar-refractivity contribution in [2.24, 2.45) is 0 Å². The Morgan fingerprint density at radius 3 is 2.88 bits per heavy atom. The van der Waals surface area contributed by atoms with Gasteiger partial charge in [-0.15, -0.1) is 0 Å². The van der Waals surface area contributed by atoms with E-state index in [2.05, 4.69) is 16.4 Å². The van der Waals surface area contributed by atoms with Crippen molar-refractivity contribution in [1.82, 2.24) is 9.47 Å². The molecule has 0 radical (unpaired) electrons. The highest BCUT2D eigenvalue weighted by Crippen LogP contribution is 2.28. The van der Waals surface area contributed by atoms with E-state index in [1.165, 1.54) is 0 Å². The molecule has 2 atom stereocenters. The molecular weight excluding hydrogens is 316 g/mol. The highest BCUT2D eigenvalue weighted by Gasteiger charge is 2.30. The molecule has 1 aliphatic heterocycles. The molecule has 25 heavy (non-hydrogen) atoms. The molecule has 1 aliphatic rings. The molecule has 3 rings (SSSR count). The number of likely N-dealkylation sites (tertiary alicyclic amines) is 1. The van der Waals surface area contributed by atoms with E-state index in [9.17, 15) is 9.90 Å². The number of ketones is 1. The molecule has 2 aromatic heterocycles. The second kappa shape index (κ2) is 7.58. The summed E-state index contributed by atoms with van der Waals surface area (Å²) in [6.07, 6.45) is 3.66. The van der Waals surface area contributed by atoms with Crippen LogP contribution < -0.4 is 0 Å². The number of carbonyl (C=O) groups excluding carboxylic acids is 1. The number of hydrogen-bond donors (Lipinski definition) is 1. The molecule has 0 bridgehead atoms. The van der Waals surface area contributed by atoms with Gasteiger partial charge in [-0.1, -0.05) is 0 Å². The first-order valence-corrected chi connectivity index (χ1v) is 9.16. The molecule has 0 saturated carbocycles. The Morgan fingerprint density at radius 1 is 1.44 bits per heavy atom. The zero-order valence-electron chi connectivity index (χ0n) is 15.4. The average molecular weight is 344 g/mol. The highest BCUT2D eigenvalue weighted by molar-refractivity contribution is 5.99. The van der Waals surface area contributed by atoms with E-state index in [0.717, 1.165) is 42.9 Å². The molecule has 0 amide bonds. The van der Waals surface area contributed by atoms with E-state index in [1.54, 1.807) is 18.4 Å². The number of aromatic nitrogens is 1. The molecule has 0 spiro atoms. The molecule has 1 fully saturated rings. The lowest BCUT2D eigenvalue weighted by atomic mass is 10.0. The summed E-state index contributed by atoms with van der Waals surface area (Å²) in [5.74, 6) is 0.775. The summed E-state index contributed by atoms with van der Waals surface area (Å²) < 4.78 is 7.47. The van der Waals surface area contributed by atoms with Crippen LogP contribution in [-0.4, -0.2) is 39.5 Å². The first-order chi connectivity index (χ1) is 12.0. The number of hydrogen-bond acceptors (Lipinski definition) is 4. The zero-order chi connectivity index (χ0) is 18.0. The van der Waals surface area contributed by atoms with Crippen molar-refractivity contribution in [2.75, 3.05) is 13.1 Å². The second-order valence-electron chi connectivity index (χ2n) is 6.99. The number of aliphatic hydroxyl groups excluding tert-OH is 1. The zero-order valence-corrected chi connectivity index (χ0v) is 15.4. The number of aliphatic hydroxyl groups is 1. The third-order valence-corrected chi connectivity index (χ3v) is 5.40. The van der Waals surface area contributed by atoms with Crippen LogP contribution in [0.15, 0.2) is 28.9 Å². The van der Waals surface area contributed by atoms with Crippen molar-refractivity contribution < 1.29 is 14.3 Å². The van der Waals surface area contributed by atoms with Gasteiger partial charge in [-0.05, 0) is 64.8 Å². The smallest absolute Gasteiger partial charge is 0.178 e. The lowest BCUT2D eigenvalue weighted by Crippen LogP contribution is -2.35. The summed E-state index contributed by atoms with van der Waals surface area (Å²) in [4.78, 5) is 15.0. The number of carbonyl (C=O) groups is 1. The van der Waals surface area contributed by atoms with E-state index in [-0.39, 0.29) is 11.8 Å². The molecule has 1 N–H and O–H groups in total. The monoisotopic (exact) mass is 344 g/mol. The van der Waals surface area contributed by atoms with Gasteiger partial charge in [0.2, 0.25) is 0 Å². The molecular formula is C20H28N2O3. The van der Waals surface area contributed by atoms with E-state index >= 15 is 0 Å². The van der Waals surface area contributed by atoms with Gasteiger partial charge in [0.15, 0.2) is 5.78 Å². The number of rotatable bonds is 7. The molecule has 2 aromatic rings. The minimum absolute atomic E-state index is 0.173. The van der Waals surface area contributed by atoms with Crippen molar-refractivity contribution in [1.29, 1.82) is 0 Å². The van der Waals surface area contributed by atoms with Gasteiger partial charge in [-0.2, -0.15) is 0 Å². The van der Waals surface area contributed by atoms with Crippen LogP contribution in [0.3, 0.4) is 0 Å². The van der Waals surface area contributed by atoms with Gasteiger partial charge in [0.05, 0.1) is 12.8 Å². The van der Waals surface area contributed by atoms with Crippen LogP contribution >= 0.6 is 0 Å². The number of Topliss-reactive ketones (excluding diaryl/α,β-unsaturated/α-hetero) is 1. The first-order valence-electron chi connectivity index (χ1n) is 9.16. The summed E-state index contributed by atoms with van der Waals surface area (Å²) >= 11 is 0. The maximum Gasteiger partial charge on any atom is 0.178 e. The Morgan fingerprint density at radius 2 is 2.24 bits per heavy atom. The largest absolute Gasteiger partial charge is 0.467 e. The van der Waals surface area contributed by atoms with Crippen molar-refractivity contribution in [3.63, 3.8) is 0 Å². The predicted molar refractivity (Wildman–Crippen MR) is 96.8 cm³/mol. The summed E-state index contributed by atoms with van der Waals surface area (Å²) in [5, 5.41) is 10.3. The molecule has 5 nitrogen and oxygen atoms in total. The number of furan rings is 1. The van der Waals surface area contributed by atoms with Gasteiger partial charge in [0.1, 0.15) is 11.9 Å². The normalized spacial score (nSPS) is 19.4. The minimum Gasteiger partial charge on any atom is -0.467 e. The first kappa shape index (κ1) is 18.0. The maximum atomic E-state index is 12.8. The van der Waals surface area contributed by atoms with Gasteiger partial charge < -0.3 is 14.1 Å². The van der Waals surface area contributed by atoms with Gasteiger partial charge in [0.25, 0.3) is 0 Å². The molecule has 5 heteroatoms. The Kier molecular flexibility index (Phi) is 5.45. The van der Waals surface area contributed by atoms with Crippen molar-refractivity contribution in [2.45, 2.75) is 58.7 Å². The Labute approximate surface area is 149 Å². The maximum absolute atomic E-state index is 12.8.